The Bertz CT molecular complexity index is 1430. The van der Waals surface area contributed by atoms with E-state index >= 15 is 0 Å². The molecule has 0 radical (unpaired) electrons. The number of rotatable bonds is 4. The van der Waals surface area contributed by atoms with E-state index in [4.69, 9.17) is 17.2 Å². The minimum atomic E-state index is -4.65. The standard InChI is InChI=1S/C16H15N5O7S2/c17-10-5-11(18)13(29(23,24)25)6-12(10)21-20-8-2-1-7-3-14(30(26,27)28)15(19)16(22)9(7)4-8/h1-6,22H,17-19H2,(H,23,24,25)(H,26,27,28). The van der Waals surface area contributed by atoms with Crippen LogP contribution in [0.15, 0.2) is 56.4 Å². The highest BCUT2D eigenvalue weighted by atomic mass is 32.2. The summed E-state index contributed by atoms with van der Waals surface area (Å²) < 4.78 is 63.9. The fraction of sp³-hybridized carbons (Fsp3) is 0. The maximum absolute atomic E-state index is 11.4. The number of fused-ring (bicyclic) bond motifs is 1. The first-order valence-corrected chi connectivity index (χ1v) is 10.8. The second-order valence-corrected chi connectivity index (χ2v) is 8.92. The molecule has 0 aliphatic carbocycles. The normalized spacial score (nSPS) is 12.6. The molecule has 0 bridgehead atoms. The number of nitrogens with zero attached hydrogens (tertiary/aromatic N) is 2. The molecular formula is C16H15N5O7S2. The average Bonchev–Trinajstić information content (AvgIpc) is 2.62. The van der Waals surface area contributed by atoms with Crippen molar-refractivity contribution in [3.8, 4) is 5.75 Å². The Hall–Kier alpha value is -3.46. The first kappa shape index (κ1) is 21.3. The molecule has 0 atom stereocenters. The van der Waals surface area contributed by atoms with Gasteiger partial charge in [0.05, 0.1) is 22.7 Å². The van der Waals surface area contributed by atoms with Gasteiger partial charge in [0.15, 0.2) is 0 Å². The Kier molecular flexibility index (Phi) is 5.03. The summed E-state index contributed by atoms with van der Waals surface area (Å²) in [5.74, 6) is -0.585. The SMILES string of the molecule is Nc1cc(N)c(S(=O)(=O)O)cc1N=Nc1ccc2cc(S(=O)(=O)O)c(N)c(O)c2c1. The van der Waals surface area contributed by atoms with E-state index in [0.717, 1.165) is 18.2 Å². The first-order chi connectivity index (χ1) is 13.8. The molecule has 3 rings (SSSR count). The highest BCUT2D eigenvalue weighted by Crippen LogP contribution is 2.38. The Labute approximate surface area is 170 Å². The van der Waals surface area contributed by atoms with E-state index in [1.165, 1.54) is 18.2 Å². The summed E-state index contributed by atoms with van der Waals surface area (Å²) in [6.45, 7) is 0. The van der Waals surface area contributed by atoms with Gasteiger partial charge in [-0.05, 0) is 35.7 Å². The second-order valence-electron chi connectivity index (χ2n) is 6.14. The van der Waals surface area contributed by atoms with Gasteiger partial charge in [0, 0.05) is 5.39 Å². The molecule has 14 heteroatoms. The van der Waals surface area contributed by atoms with Crippen LogP contribution < -0.4 is 17.2 Å². The lowest BCUT2D eigenvalue weighted by molar-refractivity contribution is 0.473. The molecule has 0 spiro atoms. The first-order valence-electron chi connectivity index (χ1n) is 7.90. The lowest BCUT2D eigenvalue weighted by Gasteiger charge is -2.09. The third-order valence-electron chi connectivity index (χ3n) is 4.09. The lowest BCUT2D eigenvalue weighted by atomic mass is 10.1. The molecule has 0 unspecified atom stereocenters. The molecule has 3 aromatic carbocycles. The van der Waals surface area contributed by atoms with Crippen molar-refractivity contribution in [2.75, 3.05) is 17.2 Å². The highest BCUT2D eigenvalue weighted by molar-refractivity contribution is 7.86. The van der Waals surface area contributed by atoms with Crippen LogP contribution in [0.2, 0.25) is 0 Å². The number of hydrogen-bond acceptors (Lipinski definition) is 10. The minimum Gasteiger partial charge on any atom is -0.505 e. The summed E-state index contributed by atoms with van der Waals surface area (Å²) in [6, 6.07) is 7.26. The Morgan fingerprint density at radius 3 is 2.00 bits per heavy atom. The van der Waals surface area contributed by atoms with Gasteiger partial charge in [0.2, 0.25) is 0 Å². The van der Waals surface area contributed by atoms with Crippen LogP contribution in [0.3, 0.4) is 0 Å². The minimum absolute atomic E-state index is 0.00525. The number of aromatic hydroxyl groups is 1. The zero-order valence-electron chi connectivity index (χ0n) is 14.9. The summed E-state index contributed by atoms with van der Waals surface area (Å²) in [7, 11) is -9.26. The maximum Gasteiger partial charge on any atom is 0.296 e. The number of nitrogens with two attached hydrogens (primary N) is 3. The number of hydrogen-bond donors (Lipinski definition) is 6. The van der Waals surface area contributed by atoms with Crippen LogP contribution in [0.1, 0.15) is 0 Å². The lowest BCUT2D eigenvalue weighted by Crippen LogP contribution is -2.04. The summed E-state index contributed by atoms with van der Waals surface area (Å²) >= 11 is 0. The van der Waals surface area contributed by atoms with E-state index in [2.05, 4.69) is 10.2 Å². The predicted octanol–water partition coefficient (Wildman–Crippen LogP) is 2.20. The summed E-state index contributed by atoms with van der Waals surface area (Å²) in [5, 5.41) is 18.3. The van der Waals surface area contributed by atoms with Gasteiger partial charge in [0.1, 0.15) is 21.2 Å². The van der Waals surface area contributed by atoms with E-state index in [-0.39, 0.29) is 33.5 Å². The largest absolute Gasteiger partial charge is 0.505 e. The van der Waals surface area contributed by atoms with Crippen molar-refractivity contribution < 1.29 is 31.0 Å². The molecule has 9 N–H and O–H groups in total. The number of phenolic OH excluding ortho intramolecular Hbond substituents is 1. The molecule has 3 aromatic rings. The molecule has 0 aliphatic heterocycles. The van der Waals surface area contributed by atoms with Gasteiger partial charge in [0.25, 0.3) is 20.2 Å². The highest BCUT2D eigenvalue weighted by Gasteiger charge is 2.20. The molecular weight excluding hydrogens is 438 g/mol. The number of azo groups is 1. The van der Waals surface area contributed by atoms with Gasteiger partial charge in [-0.25, -0.2) is 0 Å². The van der Waals surface area contributed by atoms with Crippen LogP contribution in [0, 0.1) is 0 Å². The predicted molar refractivity (Wildman–Crippen MR) is 109 cm³/mol. The summed E-state index contributed by atoms with van der Waals surface area (Å²) in [6.07, 6.45) is 0. The van der Waals surface area contributed by atoms with E-state index in [9.17, 15) is 31.0 Å². The molecule has 12 nitrogen and oxygen atoms in total. The number of anilines is 3. The smallest absolute Gasteiger partial charge is 0.296 e. The van der Waals surface area contributed by atoms with Crippen LogP contribution in [0.5, 0.6) is 5.75 Å². The monoisotopic (exact) mass is 453 g/mol. The number of nitrogen functional groups attached to an aromatic ring is 3. The molecule has 0 aromatic heterocycles. The van der Waals surface area contributed by atoms with Crippen LogP contribution in [0.4, 0.5) is 28.4 Å². The zero-order valence-corrected chi connectivity index (χ0v) is 16.5. The van der Waals surface area contributed by atoms with Gasteiger partial charge in [-0.15, -0.1) is 5.11 Å². The molecule has 0 amide bonds. The van der Waals surface area contributed by atoms with Gasteiger partial charge in [-0.2, -0.15) is 21.9 Å². The van der Waals surface area contributed by atoms with Crippen molar-refractivity contribution in [1.82, 2.24) is 0 Å². The van der Waals surface area contributed by atoms with Gasteiger partial charge in [-0.3, -0.25) is 9.11 Å². The van der Waals surface area contributed by atoms with Crippen molar-refractivity contribution in [2.45, 2.75) is 9.79 Å². The average molecular weight is 453 g/mol. The van der Waals surface area contributed by atoms with Crippen LogP contribution in [-0.2, 0) is 20.2 Å². The van der Waals surface area contributed by atoms with Crippen molar-refractivity contribution in [2.24, 2.45) is 10.2 Å². The third kappa shape index (κ3) is 3.97. The fourth-order valence-corrected chi connectivity index (χ4v) is 3.92. The summed E-state index contributed by atoms with van der Waals surface area (Å²) in [4.78, 5) is -1.23. The zero-order chi connectivity index (χ0) is 22.4. The second kappa shape index (κ2) is 7.10. The van der Waals surface area contributed by atoms with Crippen LogP contribution in [-0.4, -0.2) is 31.0 Å². The number of benzene rings is 3. The molecule has 0 saturated heterocycles. The van der Waals surface area contributed by atoms with Crippen LogP contribution in [0.25, 0.3) is 10.8 Å². The quantitative estimate of drug-likeness (QED) is 0.146. The molecule has 0 heterocycles. The maximum atomic E-state index is 11.4. The molecule has 0 aliphatic rings. The molecule has 0 saturated carbocycles. The van der Waals surface area contributed by atoms with Gasteiger partial charge in [-0.1, -0.05) is 6.07 Å². The van der Waals surface area contributed by atoms with E-state index in [1.807, 2.05) is 0 Å². The number of phenols is 1. The van der Waals surface area contributed by atoms with Crippen molar-refractivity contribution >= 4 is 59.4 Å². The molecule has 0 fully saturated rings. The molecule has 30 heavy (non-hydrogen) atoms. The van der Waals surface area contributed by atoms with E-state index < -0.39 is 41.5 Å². The third-order valence-corrected chi connectivity index (χ3v) is 5.89. The Morgan fingerprint density at radius 2 is 1.40 bits per heavy atom. The van der Waals surface area contributed by atoms with Gasteiger partial charge < -0.3 is 22.3 Å². The van der Waals surface area contributed by atoms with E-state index in [0.29, 0.717) is 0 Å². The van der Waals surface area contributed by atoms with Crippen LogP contribution >= 0.6 is 0 Å². The Morgan fingerprint density at radius 1 is 0.767 bits per heavy atom. The molecule has 158 valence electrons. The fourth-order valence-electron chi connectivity index (χ4n) is 2.66. The van der Waals surface area contributed by atoms with Gasteiger partial charge >= 0.3 is 0 Å². The summed E-state index contributed by atoms with van der Waals surface area (Å²) in [5.41, 5.74) is 16.1. The Balaban J connectivity index is 2.09. The van der Waals surface area contributed by atoms with Crippen molar-refractivity contribution in [3.63, 3.8) is 0 Å². The van der Waals surface area contributed by atoms with Crippen molar-refractivity contribution in [3.05, 3.63) is 36.4 Å². The van der Waals surface area contributed by atoms with E-state index in [1.54, 1.807) is 0 Å². The topological polar surface area (TPSA) is 232 Å². The van der Waals surface area contributed by atoms with Crippen molar-refractivity contribution in [1.29, 1.82) is 0 Å².